The predicted molar refractivity (Wildman–Crippen MR) is 109 cm³/mol. The van der Waals surface area contributed by atoms with Crippen LogP contribution in [-0.2, 0) is 4.79 Å². The van der Waals surface area contributed by atoms with Crippen molar-refractivity contribution in [1.82, 2.24) is 10.3 Å². The number of hydrogen-bond donors (Lipinski definition) is 1. The molecule has 1 aromatic heterocycles. The van der Waals surface area contributed by atoms with Crippen molar-refractivity contribution in [1.29, 1.82) is 0 Å². The maximum Gasteiger partial charge on any atom is 0.298 e. The Morgan fingerprint density at radius 2 is 1.93 bits per heavy atom. The summed E-state index contributed by atoms with van der Waals surface area (Å²) in [6.07, 6.45) is 1.97. The third kappa shape index (κ3) is 4.57. The maximum absolute atomic E-state index is 12.0. The van der Waals surface area contributed by atoms with Gasteiger partial charge in [0.1, 0.15) is 11.3 Å². The first-order valence-electron chi connectivity index (χ1n) is 9.43. The van der Waals surface area contributed by atoms with Crippen LogP contribution in [-0.4, -0.2) is 37.1 Å². The van der Waals surface area contributed by atoms with Crippen LogP contribution in [0.1, 0.15) is 12.8 Å². The van der Waals surface area contributed by atoms with Gasteiger partial charge in [-0.25, -0.2) is 0 Å². The van der Waals surface area contributed by atoms with E-state index in [1.807, 2.05) is 24.3 Å². The highest BCUT2D eigenvalue weighted by molar-refractivity contribution is 6.30. The number of anilines is 1. The van der Waals surface area contributed by atoms with Gasteiger partial charge < -0.3 is 19.4 Å². The lowest BCUT2D eigenvalue weighted by molar-refractivity contribution is -0.123. The van der Waals surface area contributed by atoms with Gasteiger partial charge in [0.15, 0.2) is 12.2 Å². The van der Waals surface area contributed by atoms with E-state index in [1.165, 1.54) is 0 Å². The van der Waals surface area contributed by atoms with Crippen LogP contribution in [0.25, 0.3) is 11.1 Å². The molecule has 6 nitrogen and oxygen atoms in total. The number of piperidine rings is 1. The van der Waals surface area contributed by atoms with Gasteiger partial charge in [0, 0.05) is 24.7 Å². The fraction of sp³-hybridized carbons (Fsp3) is 0.333. The van der Waals surface area contributed by atoms with Crippen molar-refractivity contribution in [3.8, 4) is 5.75 Å². The van der Waals surface area contributed by atoms with Crippen molar-refractivity contribution in [2.45, 2.75) is 12.8 Å². The van der Waals surface area contributed by atoms with Gasteiger partial charge in [0.2, 0.25) is 0 Å². The normalized spacial score (nSPS) is 15.0. The van der Waals surface area contributed by atoms with Crippen molar-refractivity contribution in [2.75, 3.05) is 31.1 Å². The number of aromatic nitrogens is 1. The number of hydrogen-bond acceptors (Lipinski definition) is 5. The van der Waals surface area contributed by atoms with Gasteiger partial charge in [0.25, 0.3) is 11.9 Å². The van der Waals surface area contributed by atoms with E-state index in [1.54, 1.807) is 24.3 Å². The lowest BCUT2D eigenvalue weighted by Gasteiger charge is -2.30. The van der Waals surface area contributed by atoms with Crippen LogP contribution in [0, 0.1) is 5.92 Å². The molecule has 2 heterocycles. The van der Waals surface area contributed by atoms with E-state index in [-0.39, 0.29) is 12.5 Å². The molecule has 146 valence electrons. The molecule has 7 heteroatoms. The summed E-state index contributed by atoms with van der Waals surface area (Å²) in [7, 11) is 0. The summed E-state index contributed by atoms with van der Waals surface area (Å²) in [5.74, 6) is 0.961. The number of halogens is 1. The number of amides is 1. The summed E-state index contributed by atoms with van der Waals surface area (Å²) in [6.45, 7) is 2.40. The summed E-state index contributed by atoms with van der Waals surface area (Å²) in [6, 6.07) is 15.4. The molecule has 2 aromatic carbocycles. The van der Waals surface area contributed by atoms with E-state index in [2.05, 4.69) is 15.2 Å². The quantitative estimate of drug-likeness (QED) is 0.681. The SMILES string of the molecule is O=C(COc1ccc(Cl)cc1)NCC1CCN(c2nc3ccccc3o2)CC1. The van der Waals surface area contributed by atoms with Crippen molar-refractivity contribution < 1.29 is 13.9 Å². The van der Waals surface area contributed by atoms with E-state index in [0.29, 0.717) is 29.2 Å². The summed E-state index contributed by atoms with van der Waals surface area (Å²) in [5.41, 5.74) is 1.69. The Kier molecular flexibility index (Phi) is 5.67. The Morgan fingerprint density at radius 1 is 1.18 bits per heavy atom. The van der Waals surface area contributed by atoms with Crippen LogP contribution in [0.15, 0.2) is 52.9 Å². The molecule has 0 unspecified atom stereocenters. The standard InChI is InChI=1S/C21H22ClN3O3/c22-16-5-7-17(8-6-16)27-14-20(26)23-13-15-9-11-25(12-10-15)21-24-18-3-1-2-4-19(18)28-21/h1-8,15H,9-14H2,(H,23,26). The van der Waals surface area contributed by atoms with Crippen molar-refractivity contribution in [3.05, 3.63) is 53.6 Å². The molecule has 1 aliphatic rings. The second kappa shape index (κ2) is 8.52. The first-order chi connectivity index (χ1) is 13.7. The number of carbonyl (C=O) groups is 1. The molecule has 0 atom stereocenters. The van der Waals surface area contributed by atoms with E-state index >= 15 is 0 Å². The zero-order valence-corrected chi connectivity index (χ0v) is 16.2. The van der Waals surface area contributed by atoms with E-state index in [9.17, 15) is 4.79 Å². The summed E-state index contributed by atoms with van der Waals surface area (Å²) < 4.78 is 11.3. The van der Waals surface area contributed by atoms with Crippen LogP contribution in [0.2, 0.25) is 5.02 Å². The van der Waals surface area contributed by atoms with Crippen LogP contribution < -0.4 is 15.0 Å². The highest BCUT2D eigenvalue weighted by Crippen LogP contribution is 2.26. The van der Waals surface area contributed by atoms with Crippen LogP contribution in [0.3, 0.4) is 0 Å². The Hall–Kier alpha value is -2.73. The van der Waals surface area contributed by atoms with Gasteiger partial charge in [-0.1, -0.05) is 23.7 Å². The van der Waals surface area contributed by atoms with Crippen molar-refractivity contribution >= 4 is 34.6 Å². The van der Waals surface area contributed by atoms with Crippen LogP contribution >= 0.6 is 11.6 Å². The third-order valence-corrected chi connectivity index (χ3v) is 5.19. The Bertz CT molecular complexity index is 900. The average Bonchev–Trinajstić information content (AvgIpc) is 3.16. The van der Waals surface area contributed by atoms with Gasteiger partial charge >= 0.3 is 0 Å². The van der Waals surface area contributed by atoms with Crippen LogP contribution in [0.5, 0.6) is 5.75 Å². The average molecular weight is 400 g/mol. The minimum atomic E-state index is -0.115. The number of rotatable bonds is 6. The number of nitrogens with one attached hydrogen (secondary N) is 1. The zero-order chi connectivity index (χ0) is 19.3. The maximum atomic E-state index is 12.0. The molecular weight excluding hydrogens is 378 g/mol. The first-order valence-corrected chi connectivity index (χ1v) is 9.81. The number of carbonyl (C=O) groups excluding carboxylic acids is 1. The lowest BCUT2D eigenvalue weighted by atomic mass is 9.97. The second-order valence-corrected chi connectivity index (χ2v) is 7.38. The zero-order valence-electron chi connectivity index (χ0n) is 15.4. The minimum absolute atomic E-state index is 0.00336. The molecule has 1 saturated heterocycles. The van der Waals surface area contributed by atoms with E-state index in [4.69, 9.17) is 20.8 Å². The molecule has 3 aromatic rings. The van der Waals surface area contributed by atoms with E-state index < -0.39 is 0 Å². The second-order valence-electron chi connectivity index (χ2n) is 6.94. The van der Waals surface area contributed by atoms with Crippen molar-refractivity contribution in [3.63, 3.8) is 0 Å². The molecule has 0 bridgehead atoms. The molecule has 1 aliphatic heterocycles. The number of ether oxygens (including phenoxy) is 1. The molecule has 0 saturated carbocycles. The monoisotopic (exact) mass is 399 g/mol. The molecule has 1 amide bonds. The van der Waals surface area contributed by atoms with Crippen molar-refractivity contribution in [2.24, 2.45) is 5.92 Å². The van der Waals surface area contributed by atoms with Gasteiger partial charge in [0.05, 0.1) is 0 Å². The lowest BCUT2D eigenvalue weighted by Crippen LogP contribution is -2.39. The Morgan fingerprint density at radius 3 is 2.68 bits per heavy atom. The number of nitrogens with zero attached hydrogens (tertiary/aromatic N) is 2. The molecule has 28 heavy (non-hydrogen) atoms. The predicted octanol–water partition coefficient (Wildman–Crippen LogP) is 3.89. The molecule has 4 rings (SSSR count). The highest BCUT2D eigenvalue weighted by atomic mass is 35.5. The van der Waals surface area contributed by atoms with Crippen LogP contribution in [0.4, 0.5) is 6.01 Å². The van der Waals surface area contributed by atoms with E-state index in [0.717, 1.165) is 37.0 Å². The molecule has 0 radical (unpaired) electrons. The molecule has 1 N–H and O–H groups in total. The smallest absolute Gasteiger partial charge is 0.298 e. The number of oxazole rings is 1. The van der Waals surface area contributed by atoms with Gasteiger partial charge in [-0.15, -0.1) is 0 Å². The fourth-order valence-electron chi connectivity index (χ4n) is 3.31. The largest absolute Gasteiger partial charge is 0.484 e. The number of benzene rings is 2. The molecule has 0 aliphatic carbocycles. The van der Waals surface area contributed by atoms with Gasteiger partial charge in [-0.05, 0) is 55.2 Å². The molecule has 0 spiro atoms. The minimum Gasteiger partial charge on any atom is -0.484 e. The fourth-order valence-corrected chi connectivity index (χ4v) is 3.44. The Labute approximate surface area is 168 Å². The molecular formula is C21H22ClN3O3. The van der Waals surface area contributed by atoms with Gasteiger partial charge in [-0.2, -0.15) is 4.98 Å². The van der Waals surface area contributed by atoms with Gasteiger partial charge in [-0.3, -0.25) is 4.79 Å². The topological polar surface area (TPSA) is 67.6 Å². The third-order valence-electron chi connectivity index (χ3n) is 4.94. The Balaban J connectivity index is 1.20. The summed E-state index contributed by atoms with van der Waals surface area (Å²) in [5, 5.41) is 3.60. The number of para-hydroxylation sites is 2. The molecule has 1 fully saturated rings. The number of fused-ring (bicyclic) bond motifs is 1. The summed E-state index contributed by atoms with van der Waals surface area (Å²) in [4.78, 5) is 18.7. The highest BCUT2D eigenvalue weighted by Gasteiger charge is 2.23. The summed E-state index contributed by atoms with van der Waals surface area (Å²) >= 11 is 5.83. The first kappa shape index (κ1) is 18.6.